The van der Waals surface area contributed by atoms with Gasteiger partial charge in [0.1, 0.15) is 6.61 Å². The summed E-state index contributed by atoms with van der Waals surface area (Å²) in [6.07, 6.45) is 4.47. The zero-order valence-electron chi connectivity index (χ0n) is 11.0. The fourth-order valence-electron chi connectivity index (χ4n) is 1.21. The van der Waals surface area contributed by atoms with Crippen molar-refractivity contribution >= 4 is 5.97 Å². The van der Waals surface area contributed by atoms with E-state index in [-0.39, 0.29) is 6.61 Å². The second-order valence-corrected chi connectivity index (χ2v) is 4.23. The van der Waals surface area contributed by atoms with Crippen molar-refractivity contribution in [1.82, 2.24) is 0 Å². The maximum atomic E-state index is 11.1. The predicted octanol–water partition coefficient (Wildman–Crippen LogP) is 2.13. The molecule has 0 amide bonds. The van der Waals surface area contributed by atoms with Crippen LogP contribution in [0, 0.1) is 5.41 Å². The van der Waals surface area contributed by atoms with E-state index in [4.69, 9.17) is 14.2 Å². The second kappa shape index (κ2) is 9.62. The van der Waals surface area contributed by atoms with Gasteiger partial charge in [0.25, 0.3) is 0 Å². The standard InChI is InChI=1S/C14H22O4/c1-5-8-16-10-14(4,11-17-9-6-2)12-18-13(15)7-3/h5-7H,1-3,8-12H2,4H3. The van der Waals surface area contributed by atoms with Gasteiger partial charge in [-0.15, -0.1) is 13.2 Å². The van der Waals surface area contributed by atoms with Crippen LogP contribution < -0.4 is 0 Å². The van der Waals surface area contributed by atoms with Crippen molar-refractivity contribution in [3.05, 3.63) is 38.0 Å². The average molecular weight is 254 g/mol. The van der Waals surface area contributed by atoms with Crippen LogP contribution in [0.4, 0.5) is 0 Å². The Labute approximate surface area is 109 Å². The summed E-state index contributed by atoms with van der Waals surface area (Å²) in [6.45, 7) is 14.4. The monoisotopic (exact) mass is 254 g/mol. The molecule has 0 aliphatic heterocycles. The second-order valence-electron chi connectivity index (χ2n) is 4.23. The van der Waals surface area contributed by atoms with E-state index < -0.39 is 11.4 Å². The van der Waals surface area contributed by atoms with Gasteiger partial charge < -0.3 is 14.2 Å². The quantitative estimate of drug-likeness (QED) is 0.245. The minimum atomic E-state index is -0.450. The van der Waals surface area contributed by atoms with Crippen LogP contribution in [-0.2, 0) is 19.0 Å². The van der Waals surface area contributed by atoms with E-state index in [1.54, 1.807) is 12.2 Å². The van der Waals surface area contributed by atoms with E-state index in [1.165, 1.54) is 0 Å². The molecule has 0 saturated heterocycles. The average Bonchev–Trinajstić information content (AvgIpc) is 2.37. The van der Waals surface area contributed by atoms with Crippen molar-refractivity contribution in [2.24, 2.45) is 5.41 Å². The Bertz CT molecular complexity index is 270. The number of carbonyl (C=O) groups is 1. The van der Waals surface area contributed by atoms with E-state index in [2.05, 4.69) is 19.7 Å². The topological polar surface area (TPSA) is 44.8 Å². The van der Waals surface area contributed by atoms with Gasteiger partial charge in [-0.1, -0.05) is 25.7 Å². The van der Waals surface area contributed by atoms with Gasteiger partial charge >= 0.3 is 5.97 Å². The van der Waals surface area contributed by atoms with Crippen molar-refractivity contribution in [2.45, 2.75) is 6.92 Å². The summed E-state index contributed by atoms with van der Waals surface area (Å²) in [6, 6.07) is 0. The van der Waals surface area contributed by atoms with Gasteiger partial charge in [0.05, 0.1) is 26.4 Å². The van der Waals surface area contributed by atoms with E-state index in [1.807, 2.05) is 6.92 Å². The Morgan fingerprint density at radius 1 is 1.06 bits per heavy atom. The number of hydrogen-bond donors (Lipinski definition) is 0. The minimum Gasteiger partial charge on any atom is -0.462 e. The normalized spacial score (nSPS) is 10.7. The molecule has 0 bridgehead atoms. The Morgan fingerprint density at radius 3 is 1.94 bits per heavy atom. The number of esters is 1. The summed E-state index contributed by atoms with van der Waals surface area (Å²) < 4.78 is 15.9. The summed E-state index contributed by atoms with van der Waals surface area (Å²) in [5.74, 6) is -0.450. The van der Waals surface area contributed by atoms with Crippen LogP contribution in [0.1, 0.15) is 6.92 Å². The third kappa shape index (κ3) is 7.81. The van der Waals surface area contributed by atoms with Gasteiger partial charge in [0, 0.05) is 11.5 Å². The first-order valence-corrected chi connectivity index (χ1v) is 5.74. The van der Waals surface area contributed by atoms with Gasteiger partial charge in [0.2, 0.25) is 0 Å². The number of hydrogen-bond acceptors (Lipinski definition) is 4. The van der Waals surface area contributed by atoms with Crippen LogP contribution in [0.3, 0.4) is 0 Å². The zero-order valence-corrected chi connectivity index (χ0v) is 11.0. The molecule has 0 saturated carbocycles. The highest BCUT2D eigenvalue weighted by atomic mass is 16.5. The molecular weight excluding hydrogens is 232 g/mol. The fourth-order valence-corrected chi connectivity index (χ4v) is 1.21. The van der Waals surface area contributed by atoms with Crippen LogP contribution >= 0.6 is 0 Å². The predicted molar refractivity (Wildman–Crippen MR) is 71.3 cm³/mol. The number of rotatable bonds is 11. The molecule has 0 aliphatic rings. The number of carbonyl (C=O) groups excluding carboxylic acids is 1. The molecule has 0 aromatic rings. The lowest BCUT2D eigenvalue weighted by Crippen LogP contribution is -2.35. The Kier molecular flexibility index (Phi) is 8.88. The van der Waals surface area contributed by atoms with Crippen molar-refractivity contribution < 1.29 is 19.0 Å². The lowest BCUT2D eigenvalue weighted by molar-refractivity contribution is -0.144. The molecule has 0 N–H and O–H groups in total. The molecule has 0 atom stereocenters. The van der Waals surface area contributed by atoms with E-state index in [0.29, 0.717) is 26.4 Å². The van der Waals surface area contributed by atoms with Gasteiger partial charge in [0.15, 0.2) is 0 Å². The Hall–Kier alpha value is -1.39. The minimum absolute atomic E-state index is 0.214. The first kappa shape index (κ1) is 16.6. The lowest BCUT2D eigenvalue weighted by Gasteiger charge is -2.28. The molecule has 0 rings (SSSR count). The van der Waals surface area contributed by atoms with Crippen LogP contribution in [0.2, 0.25) is 0 Å². The molecule has 4 heteroatoms. The van der Waals surface area contributed by atoms with E-state index in [9.17, 15) is 4.79 Å². The summed E-state index contributed by atoms with van der Waals surface area (Å²) >= 11 is 0. The molecule has 18 heavy (non-hydrogen) atoms. The summed E-state index contributed by atoms with van der Waals surface area (Å²) in [7, 11) is 0. The number of ether oxygens (including phenoxy) is 3. The highest BCUT2D eigenvalue weighted by Crippen LogP contribution is 2.18. The van der Waals surface area contributed by atoms with E-state index >= 15 is 0 Å². The molecule has 0 aromatic carbocycles. The molecule has 0 heterocycles. The highest BCUT2D eigenvalue weighted by molar-refractivity contribution is 5.81. The summed E-state index contributed by atoms with van der Waals surface area (Å²) in [5.41, 5.74) is -0.398. The van der Waals surface area contributed by atoms with Gasteiger partial charge in [-0.3, -0.25) is 0 Å². The van der Waals surface area contributed by atoms with Gasteiger partial charge in [-0.25, -0.2) is 4.79 Å². The lowest BCUT2D eigenvalue weighted by atomic mass is 9.94. The Morgan fingerprint density at radius 2 is 1.56 bits per heavy atom. The third-order valence-corrected chi connectivity index (χ3v) is 2.10. The van der Waals surface area contributed by atoms with Crippen LogP contribution in [0.5, 0.6) is 0 Å². The third-order valence-electron chi connectivity index (χ3n) is 2.10. The maximum Gasteiger partial charge on any atom is 0.330 e. The SMILES string of the molecule is C=CCOCC(C)(COCC=C)COC(=O)C=C. The summed E-state index contributed by atoms with van der Waals surface area (Å²) in [5, 5.41) is 0. The van der Waals surface area contributed by atoms with Crippen molar-refractivity contribution in [3.8, 4) is 0 Å². The Balaban J connectivity index is 4.26. The molecule has 0 fully saturated rings. The van der Waals surface area contributed by atoms with Gasteiger partial charge in [-0.05, 0) is 0 Å². The molecule has 0 unspecified atom stereocenters. The van der Waals surface area contributed by atoms with Crippen LogP contribution in [-0.4, -0.2) is 39.0 Å². The van der Waals surface area contributed by atoms with Crippen molar-refractivity contribution in [1.29, 1.82) is 0 Å². The zero-order chi connectivity index (χ0) is 13.9. The largest absolute Gasteiger partial charge is 0.462 e. The van der Waals surface area contributed by atoms with Gasteiger partial charge in [-0.2, -0.15) is 0 Å². The molecular formula is C14H22O4. The first-order chi connectivity index (χ1) is 8.58. The smallest absolute Gasteiger partial charge is 0.330 e. The maximum absolute atomic E-state index is 11.1. The highest BCUT2D eigenvalue weighted by Gasteiger charge is 2.27. The van der Waals surface area contributed by atoms with Crippen LogP contribution in [0.25, 0.3) is 0 Å². The molecule has 0 aromatic heterocycles. The molecule has 0 spiro atoms. The van der Waals surface area contributed by atoms with Crippen molar-refractivity contribution in [2.75, 3.05) is 33.0 Å². The van der Waals surface area contributed by atoms with E-state index in [0.717, 1.165) is 6.08 Å². The van der Waals surface area contributed by atoms with Crippen LogP contribution in [0.15, 0.2) is 38.0 Å². The molecule has 102 valence electrons. The molecule has 0 radical (unpaired) electrons. The molecule has 4 nitrogen and oxygen atoms in total. The van der Waals surface area contributed by atoms with Crippen molar-refractivity contribution in [3.63, 3.8) is 0 Å². The first-order valence-electron chi connectivity index (χ1n) is 5.74. The summed E-state index contributed by atoms with van der Waals surface area (Å²) in [4.78, 5) is 11.1. The fraction of sp³-hybridized carbons (Fsp3) is 0.500. The molecule has 0 aliphatic carbocycles.